The maximum atomic E-state index is 6.01. The first-order valence-corrected chi connectivity index (χ1v) is 6.02. The molecule has 0 saturated heterocycles. The molecule has 0 spiro atoms. The average molecular weight is 240 g/mol. The molecule has 1 saturated carbocycles. The number of hydrogen-bond donors (Lipinski definition) is 1. The molecule has 1 fully saturated rings. The van der Waals surface area contributed by atoms with Crippen LogP contribution in [0, 0.1) is 25.2 Å². The lowest BCUT2D eigenvalue weighted by molar-refractivity contribution is 0.572. The van der Waals surface area contributed by atoms with Crippen LogP contribution in [-0.4, -0.2) is 16.5 Å². The van der Waals surface area contributed by atoms with Gasteiger partial charge in [0.25, 0.3) is 0 Å². The van der Waals surface area contributed by atoms with Gasteiger partial charge in [-0.3, -0.25) is 0 Å². The zero-order chi connectivity index (χ0) is 11.9. The van der Waals surface area contributed by atoms with Gasteiger partial charge in [-0.25, -0.2) is 9.97 Å². The summed E-state index contributed by atoms with van der Waals surface area (Å²) in [5, 5.41) is 3.92. The van der Waals surface area contributed by atoms with E-state index in [0.717, 1.165) is 23.8 Å². The second-order valence-electron chi connectivity index (χ2n) is 5.31. The topological polar surface area (TPSA) is 37.8 Å². The SMILES string of the molecule is Cc1nc(Cl)c(C)c(NCC2CC2(C)C)n1. The van der Waals surface area contributed by atoms with Gasteiger partial charge in [-0.05, 0) is 31.6 Å². The molecule has 0 bridgehead atoms. The van der Waals surface area contributed by atoms with Crippen LogP contribution in [0.4, 0.5) is 5.82 Å². The molecule has 0 radical (unpaired) electrons. The molecule has 0 aliphatic heterocycles. The first-order chi connectivity index (χ1) is 7.40. The third-order valence-corrected chi connectivity index (χ3v) is 3.80. The Morgan fingerprint density at radius 1 is 1.38 bits per heavy atom. The van der Waals surface area contributed by atoms with E-state index >= 15 is 0 Å². The number of rotatable bonds is 3. The van der Waals surface area contributed by atoms with E-state index in [4.69, 9.17) is 11.6 Å². The summed E-state index contributed by atoms with van der Waals surface area (Å²) in [5.74, 6) is 2.34. The first-order valence-electron chi connectivity index (χ1n) is 5.65. The van der Waals surface area contributed by atoms with Gasteiger partial charge in [0.05, 0.1) is 0 Å². The van der Waals surface area contributed by atoms with Crippen molar-refractivity contribution in [1.82, 2.24) is 9.97 Å². The van der Waals surface area contributed by atoms with Crippen LogP contribution < -0.4 is 5.32 Å². The summed E-state index contributed by atoms with van der Waals surface area (Å²) in [7, 11) is 0. The molecule has 1 atom stereocenters. The van der Waals surface area contributed by atoms with E-state index in [1.807, 2.05) is 13.8 Å². The van der Waals surface area contributed by atoms with Gasteiger partial charge in [-0.1, -0.05) is 25.4 Å². The van der Waals surface area contributed by atoms with E-state index in [0.29, 0.717) is 16.4 Å². The highest BCUT2D eigenvalue weighted by Gasteiger charge is 2.45. The third kappa shape index (κ3) is 2.29. The summed E-state index contributed by atoms with van der Waals surface area (Å²) in [5.41, 5.74) is 1.43. The lowest BCUT2D eigenvalue weighted by Crippen LogP contribution is -2.11. The van der Waals surface area contributed by atoms with Crippen LogP contribution in [0.2, 0.25) is 5.15 Å². The Bertz CT molecular complexity index is 415. The van der Waals surface area contributed by atoms with Crippen LogP contribution in [0.15, 0.2) is 0 Å². The summed E-state index contributed by atoms with van der Waals surface area (Å²) in [4.78, 5) is 8.49. The number of halogens is 1. The molecule has 4 heteroatoms. The predicted octanol–water partition coefficient (Wildman–Crippen LogP) is 3.20. The Kier molecular flexibility index (Phi) is 2.82. The molecule has 2 rings (SSSR count). The van der Waals surface area contributed by atoms with Crippen molar-refractivity contribution >= 4 is 17.4 Å². The van der Waals surface area contributed by atoms with E-state index in [9.17, 15) is 0 Å². The quantitative estimate of drug-likeness (QED) is 0.824. The molecule has 0 amide bonds. The molecular weight excluding hydrogens is 222 g/mol. The van der Waals surface area contributed by atoms with E-state index in [-0.39, 0.29) is 0 Å². The first kappa shape index (κ1) is 11.6. The number of anilines is 1. The van der Waals surface area contributed by atoms with Crippen LogP contribution in [-0.2, 0) is 0 Å². The Labute approximate surface area is 102 Å². The molecule has 1 heterocycles. The minimum Gasteiger partial charge on any atom is -0.369 e. The Hall–Kier alpha value is -0.830. The van der Waals surface area contributed by atoms with Crippen molar-refractivity contribution in [1.29, 1.82) is 0 Å². The van der Waals surface area contributed by atoms with E-state index < -0.39 is 0 Å². The second-order valence-corrected chi connectivity index (χ2v) is 5.66. The Balaban J connectivity index is 2.04. The minimum absolute atomic E-state index is 0.493. The summed E-state index contributed by atoms with van der Waals surface area (Å²) in [6.07, 6.45) is 1.29. The van der Waals surface area contributed by atoms with Gasteiger partial charge in [0.1, 0.15) is 16.8 Å². The fourth-order valence-electron chi connectivity index (χ4n) is 1.91. The van der Waals surface area contributed by atoms with Crippen molar-refractivity contribution < 1.29 is 0 Å². The van der Waals surface area contributed by atoms with Crippen LogP contribution >= 0.6 is 11.6 Å². The number of aromatic nitrogens is 2. The summed E-state index contributed by atoms with van der Waals surface area (Å²) in [6, 6.07) is 0. The van der Waals surface area contributed by atoms with E-state index in [2.05, 4.69) is 29.1 Å². The highest BCUT2D eigenvalue weighted by atomic mass is 35.5. The third-order valence-electron chi connectivity index (χ3n) is 3.43. The number of nitrogens with zero attached hydrogens (tertiary/aromatic N) is 2. The van der Waals surface area contributed by atoms with Crippen LogP contribution in [0.1, 0.15) is 31.7 Å². The van der Waals surface area contributed by atoms with Gasteiger partial charge < -0.3 is 5.32 Å². The van der Waals surface area contributed by atoms with Crippen molar-refractivity contribution in [3.63, 3.8) is 0 Å². The molecular formula is C12H18ClN3. The van der Waals surface area contributed by atoms with Gasteiger partial charge in [0.15, 0.2) is 0 Å². The van der Waals surface area contributed by atoms with Gasteiger partial charge in [0.2, 0.25) is 0 Å². The highest BCUT2D eigenvalue weighted by molar-refractivity contribution is 6.30. The largest absolute Gasteiger partial charge is 0.369 e. The molecule has 0 aromatic carbocycles. The van der Waals surface area contributed by atoms with Gasteiger partial charge >= 0.3 is 0 Å². The van der Waals surface area contributed by atoms with E-state index in [1.54, 1.807) is 0 Å². The molecule has 1 aliphatic carbocycles. The zero-order valence-corrected chi connectivity index (χ0v) is 11.0. The van der Waals surface area contributed by atoms with Crippen molar-refractivity contribution in [2.45, 2.75) is 34.1 Å². The molecule has 3 nitrogen and oxygen atoms in total. The second kappa shape index (κ2) is 3.88. The Morgan fingerprint density at radius 3 is 2.56 bits per heavy atom. The maximum absolute atomic E-state index is 6.01. The monoisotopic (exact) mass is 239 g/mol. The standard InChI is InChI=1S/C12H18ClN3/c1-7-10(13)15-8(2)16-11(7)14-6-9-5-12(9,3)4/h9H,5-6H2,1-4H3,(H,14,15,16). The van der Waals surface area contributed by atoms with Gasteiger partial charge in [0, 0.05) is 12.1 Å². The molecule has 88 valence electrons. The molecule has 1 aromatic rings. The summed E-state index contributed by atoms with van der Waals surface area (Å²) in [6.45, 7) is 9.37. The van der Waals surface area contributed by atoms with Gasteiger partial charge in [-0.15, -0.1) is 0 Å². The maximum Gasteiger partial charge on any atom is 0.137 e. The minimum atomic E-state index is 0.493. The van der Waals surface area contributed by atoms with Crippen LogP contribution in [0.5, 0.6) is 0 Å². The molecule has 1 unspecified atom stereocenters. The molecule has 1 aromatic heterocycles. The smallest absolute Gasteiger partial charge is 0.137 e. The van der Waals surface area contributed by atoms with Crippen molar-refractivity contribution in [3.05, 3.63) is 16.5 Å². The molecule has 1 N–H and O–H groups in total. The van der Waals surface area contributed by atoms with Gasteiger partial charge in [-0.2, -0.15) is 0 Å². The van der Waals surface area contributed by atoms with E-state index in [1.165, 1.54) is 6.42 Å². The van der Waals surface area contributed by atoms with Crippen molar-refractivity contribution in [2.24, 2.45) is 11.3 Å². The highest BCUT2D eigenvalue weighted by Crippen LogP contribution is 2.51. The molecule has 1 aliphatic rings. The van der Waals surface area contributed by atoms with Crippen molar-refractivity contribution in [2.75, 3.05) is 11.9 Å². The lowest BCUT2D eigenvalue weighted by Gasteiger charge is -2.10. The summed E-state index contributed by atoms with van der Waals surface area (Å²) >= 11 is 6.01. The number of aryl methyl sites for hydroxylation is 1. The predicted molar refractivity (Wildman–Crippen MR) is 66.9 cm³/mol. The normalized spacial score (nSPS) is 21.9. The fraction of sp³-hybridized carbons (Fsp3) is 0.667. The summed E-state index contributed by atoms with van der Waals surface area (Å²) < 4.78 is 0. The number of nitrogens with one attached hydrogen (secondary N) is 1. The fourth-order valence-corrected chi connectivity index (χ4v) is 2.12. The average Bonchev–Trinajstić information content (AvgIpc) is 2.78. The zero-order valence-electron chi connectivity index (χ0n) is 10.3. The Morgan fingerprint density at radius 2 is 2.00 bits per heavy atom. The van der Waals surface area contributed by atoms with Crippen LogP contribution in [0.3, 0.4) is 0 Å². The van der Waals surface area contributed by atoms with Crippen molar-refractivity contribution in [3.8, 4) is 0 Å². The van der Waals surface area contributed by atoms with Crippen LogP contribution in [0.25, 0.3) is 0 Å². The molecule has 16 heavy (non-hydrogen) atoms. The lowest BCUT2D eigenvalue weighted by atomic mass is 10.1. The number of hydrogen-bond acceptors (Lipinski definition) is 3.